The van der Waals surface area contributed by atoms with Crippen molar-refractivity contribution >= 4 is 11.6 Å². The lowest BCUT2D eigenvalue weighted by atomic mass is 10.1. The van der Waals surface area contributed by atoms with Gasteiger partial charge in [0.15, 0.2) is 5.82 Å². The third-order valence-electron chi connectivity index (χ3n) is 2.07. The van der Waals surface area contributed by atoms with Crippen LogP contribution in [-0.4, -0.2) is 10.1 Å². The third kappa shape index (κ3) is 1.90. The van der Waals surface area contributed by atoms with E-state index in [0.29, 0.717) is 5.56 Å². The zero-order valence-corrected chi connectivity index (χ0v) is 9.05. The normalized spacial score (nSPS) is 10.8. The van der Waals surface area contributed by atoms with Crippen LogP contribution in [0.3, 0.4) is 0 Å². The number of aryl methyl sites for hydroxylation is 1. The number of alkyl halides is 1. The van der Waals surface area contributed by atoms with Crippen LogP contribution in [-0.2, 0) is 5.88 Å². The van der Waals surface area contributed by atoms with Gasteiger partial charge < -0.3 is 4.52 Å². The second-order valence-corrected chi connectivity index (χ2v) is 3.50. The minimum Gasteiger partial charge on any atom is -0.334 e. The van der Waals surface area contributed by atoms with E-state index >= 15 is 0 Å². The van der Waals surface area contributed by atoms with Gasteiger partial charge in [-0.1, -0.05) is 5.16 Å². The summed E-state index contributed by atoms with van der Waals surface area (Å²) in [7, 11) is 0. The minimum atomic E-state index is -0.743. The lowest BCUT2D eigenvalue weighted by Gasteiger charge is -2.00. The summed E-state index contributed by atoms with van der Waals surface area (Å²) in [5.41, 5.74) is 0.379. The Morgan fingerprint density at radius 1 is 1.31 bits per heavy atom. The van der Waals surface area contributed by atoms with E-state index in [9.17, 15) is 8.78 Å². The van der Waals surface area contributed by atoms with E-state index in [1.165, 1.54) is 13.0 Å². The molecule has 0 radical (unpaired) electrons. The standard InChI is InChI=1S/C10H7ClF2N2O/c1-5-2-6(8(13)3-7(5)12)10-14-9(4-11)15-16-10/h2-3H,4H2,1H3. The second kappa shape index (κ2) is 4.17. The maximum Gasteiger partial charge on any atom is 0.260 e. The van der Waals surface area contributed by atoms with Crippen LogP contribution in [0.4, 0.5) is 8.78 Å². The molecule has 3 nitrogen and oxygen atoms in total. The van der Waals surface area contributed by atoms with E-state index in [4.69, 9.17) is 16.1 Å². The molecule has 6 heteroatoms. The van der Waals surface area contributed by atoms with Crippen LogP contribution in [0.5, 0.6) is 0 Å². The topological polar surface area (TPSA) is 38.9 Å². The van der Waals surface area contributed by atoms with Gasteiger partial charge in [-0.25, -0.2) is 8.78 Å². The van der Waals surface area contributed by atoms with Gasteiger partial charge in [-0.3, -0.25) is 0 Å². The van der Waals surface area contributed by atoms with Crippen LogP contribution >= 0.6 is 11.6 Å². The smallest absolute Gasteiger partial charge is 0.260 e. The van der Waals surface area contributed by atoms with Crippen molar-refractivity contribution < 1.29 is 13.3 Å². The van der Waals surface area contributed by atoms with Gasteiger partial charge in [0.05, 0.1) is 11.4 Å². The first-order chi connectivity index (χ1) is 7.61. The van der Waals surface area contributed by atoms with E-state index in [2.05, 4.69) is 10.1 Å². The number of rotatable bonds is 2. The maximum atomic E-state index is 13.4. The molecule has 1 aromatic heterocycles. The van der Waals surface area contributed by atoms with Crippen LogP contribution < -0.4 is 0 Å². The van der Waals surface area contributed by atoms with Crippen LogP contribution in [0, 0.1) is 18.6 Å². The predicted octanol–water partition coefficient (Wildman–Crippen LogP) is 3.06. The Kier molecular flexibility index (Phi) is 2.87. The third-order valence-corrected chi connectivity index (χ3v) is 2.31. The number of benzene rings is 1. The average Bonchev–Trinajstić information content (AvgIpc) is 2.71. The molecule has 2 rings (SSSR count). The molecule has 0 unspecified atom stereocenters. The fraction of sp³-hybridized carbons (Fsp3) is 0.200. The summed E-state index contributed by atoms with van der Waals surface area (Å²) in [5.74, 6) is -1.02. The summed E-state index contributed by atoms with van der Waals surface area (Å²) >= 11 is 5.49. The molecule has 0 amide bonds. The molecule has 1 aromatic carbocycles. The number of halogens is 3. The molecular weight excluding hydrogens is 238 g/mol. The van der Waals surface area contributed by atoms with Gasteiger partial charge >= 0.3 is 0 Å². The Morgan fingerprint density at radius 2 is 2.06 bits per heavy atom. The van der Waals surface area contributed by atoms with Crippen molar-refractivity contribution in [2.24, 2.45) is 0 Å². The summed E-state index contributed by atoms with van der Waals surface area (Å²) in [6.07, 6.45) is 0. The highest BCUT2D eigenvalue weighted by molar-refractivity contribution is 6.16. The Bertz CT molecular complexity index is 528. The monoisotopic (exact) mass is 244 g/mol. The summed E-state index contributed by atoms with van der Waals surface area (Å²) in [4.78, 5) is 3.86. The lowest BCUT2D eigenvalue weighted by molar-refractivity contribution is 0.422. The molecule has 0 aliphatic heterocycles. The fourth-order valence-corrected chi connectivity index (χ4v) is 1.35. The van der Waals surface area contributed by atoms with Gasteiger partial charge in [0.25, 0.3) is 5.89 Å². The first-order valence-electron chi connectivity index (χ1n) is 4.46. The fourth-order valence-electron chi connectivity index (χ4n) is 1.24. The zero-order chi connectivity index (χ0) is 11.7. The Hall–Kier alpha value is -1.49. The first kappa shape index (κ1) is 11.0. The molecule has 0 atom stereocenters. The molecule has 1 heterocycles. The van der Waals surface area contributed by atoms with Gasteiger partial charge in [0, 0.05) is 6.07 Å². The minimum absolute atomic E-state index is 0.00347. The van der Waals surface area contributed by atoms with Crippen molar-refractivity contribution in [3.63, 3.8) is 0 Å². The zero-order valence-electron chi connectivity index (χ0n) is 8.30. The number of aromatic nitrogens is 2. The van der Waals surface area contributed by atoms with Crippen LogP contribution in [0.2, 0.25) is 0 Å². The van der Waals surface area contributed by atoms with Crippen molar-refractivity contribution in [3.8, 4) is 11.5 Å². The van der Waals surface area contributed by atoms with Gasteiger partial charge in [-0.2, -0.15) is 4.98 Å². The molecule has 0 fully saturated rings. The molecule has 0 spiro atoms. The number of hydrogen-bond donors (Lipinski definition) is 0. The molecular formula is C10H7ClF2N2O. The summed E-state index contributed by atoms with van der Waals surface area (Å²) < 4.78 is 31.3. The van der Waals surface area contributed by atoms with Crippen LogP contribution in [0.1, 0.15) is 11.4 Å². The molecule has 0 bridgehead atoms. The van der Waals surface area contributed by atoms with Crippen molar-refractivity contribution in [3.05, 3.63) is 35.2 Å². The van der Waals surface area contributed by atoms with E-state index in [1.807, 2.05) is 0 Å². The second-order valence-electron chi connectivity index (χ2n) is 3.23. The van der Waals surface area contributed by atoms with Gasteiger partial charge in [0.2, 0.25) is 0 Å². The Morgan fingerprint density at radius 3 is 2.69 bits per heavy atom. The molecule has 2 aromatic rings. The van der Waals surface area contributed by atoms with Gasteiger partial charge in [-0.05, 0) is 18.6 Å². The molecule has 0 N–H and O–H groups in total. The average molecular weight is 245 g/mol. The molecule has 0 saturated carbocycles. The van der Waals surface area contributed by atoms with E-state index < -0.39 is 11.6 Å². The number of hydrogen-bond acceptors (Lipinski definition) is 3. The molecule has 16 heavy (non-hydrogen) atoms. The van der Waals surface area contributed by atoms with Crippen molar-refractivity contribution in [1.82, 2.24) is 10.1 Å². The molecule has 84 valence electrons. The van der Waals surface area contributed by atoms with Crippen molar-refractivity contribution in [2.45, 2.75) is 12.8 Å². The quantitative estimate of drug-likeness (QED) is 0.762. The van der Waals surface area contributed by atoms with Gasteiger partial charge in [0.1, 0.15) is 11.6 Å². The molecule has 0 aliphatic rings. The summed E-state index contributed by atoms with van der Waals surface area (Å²) in [5, 5.41) is 3.53. The molecule has 0 aliphatic carbocycles. The Balaban J connectivity index is 2.51. The van der Waals surface area contributed by atoms with Crippen molar-refractivity contribution in [2.75, 3.05) is 0 Å². The SMILES string of the molecule is Cc1cc(-c2nc(CCl)no2)c(F)cc1F. The van der Waals surface area contributed by atoms with E-state index in [-0.39, 0.29) is 23.2 Å². The lowest BCUT2D eigenvalue weighted by Crippen LogP contribution is -1.90. The number of nitrogens with zero attached hydrogens (tertiary/aromatic N) is 2. The summed E-state index contributed by atoms with van der Waals surface area (Å²) in [6, 6.07) is 2.10. The highest BCUT2D eigenvalue weighted by atomic mass is 35.5. The highest BCUT2D eigenvalue weighted by Gasteiger charge is 2.15. The highest BCUT2D eigenvalue weighted by Crippen LogP contribution is 2.24. The van der Waals surface area contributed by atoms with Crippen molar-refractivity contribution in [1.29, 1.82) is 0 Å². The van der Waals surface area contributed by atoms with Crippen LogP contribution in [0.15, 0.2) is 16.7 Å². The van der Waals surface area contributed by atoms with Crippen LogP contribution in [0.25, 0.3) is 11.5 Å². The predicted molar refractivity (Wildman–Crippen MR) is 53.9 cm³/mol. The molecule has 0 saturated heterocycles. The van der Waals surface area contributed by atoms with E-state index in [1.54, 1.807) is 0 Å². The maximum absolute atomic E-state index is 13.4. The largest absolute Gasteiger partial charge is 0.334 e. The van der Waals surface area contributed by atoms with E-state index in [0.717, 1.165) is 6.07 Å². The summed E-state index contributed by atoms with van der Waals surface area (Å²) in [6.45, 7) is 1.52. The first-order valence-corrected chi connectivity index (χ1v) is 5.00. The van der Waals surface area contributed by atoms with Gasteiger partial charge in [-0.15, -0.1) is 11.6 Å². The Labute approximate surface area is 95.0 Å².